The molecule has 0 bridgehead atoms. The number of methoxy groups -OCH3 is 1. The van der Waals surface area contributed by atoms with Crippen LogP contribution < -0.4 is 15.4 Å². The summed E-state index contributed by atoms with van der Waals surface area (Å²) in [6.45, 7) is 3.84. The van der Waals surface area contributed by atoms with Gasteiger partial charge < -0.3 is 20.1 Å². The lowest BCUT2D eigenvalue weighted by Crippen LogP contribution is -2.36. The molecule has 7 nitrogen and oxygen atoms in total. The van der Waals surface area contributed by atoms with Gasteiger partial charge in [-0.05, 0) is 56.5 Å². The van der Waals surface area contributed by atoms with Crippen molar-refractivity contribution in [1.29, 1.82) is 0 Å². The normalized spacial score (nSPS) is 13.9. The number of benzene rings is 2. The highest BCUT2D eigenvalue weighted by atomic mass is 16.5. The molecule has 0 unspecified atom stereocenters. The van der Waals surface area contributed by atoms with Crippen LogP contribution in [0.1, 0.15) is 35.7 Å². The smallest absolute Gasteiger partial charge is 0.340 e. The van der Waals surface area contributed by atoms with Gasteiger partial charge in [0.25, 0.3) is 0 Å². The van der Waals surface area contributed by atoms with Crippen LogP contribution in [0.15, 0.2) is 42.5 Å². The summed E-state index contributed by atoms with van der Waals surface area (Å²) in [5.41, 5.74) is 0.876. The number of hydrogen-bond acceptors (Lipinski definition) is 5. The summed E-state index contributed by atoms with van der Waals surface area (Å²) in [4.78, 5) is 38.0. The number of amides is 2. The van der Waals surface area contributed by atoms with Crippen LogP contribution in [0.2, 0.25) is 0 Å². The first-order valence-electron chi connectivity index (χ1n) is 9.45. The molecule has 1 aliphatic rings. The van der Waals surface area contributed by atoms with Gasteiger partial charge in [0, 0.05) is 0 Å². The molecule has 0 atom stereocenters. The zero-order valence-corrected chi connectivity index (χ0v) is 16.7. The van der Waals surface area contributed by atoms with Crippen molar-refractivity contribution in [3.05, 3.63) is 53.6 Å². The van der Waals surface area contributed by atoms with Crippen molar-refractivity contribution in [3.63, 3.8) is 0 Å². The summed E-state index contributed by atoms with van der Waals surface area (Å²) < 4.78 is 10.3. The topological polar surface area (TPSA) is 93.7 Å². The average molecular weight is 396 g/mol. The lowest BCUT2D eigenvalue weighted by atomic mass is 10.0. The summed E-state index contributed by atoms with van der Waals surface area (Å²) in [5, 5.41) is 5.54. The highest BCUT2D eigenvalue weighted by Gasteiger charge is 2.56. The SMILES string of the molecule is CCOC(=O)c1ccccc1NC(=O)C1(C(=O)Nc2cc(C)ccc2OC)CC1. The molecule has 0 radical (unpaired) electrons. The maximum Gasteiger partial charge on any atom is 0.340 e. The largest absolute Gasteiger partial charge is 0.495 e. The van der Waals surface area contributed by atoms with Crippen LogP contribution in [0.4, 0.5) is 11.4 Å². The van der Waals surface area contributed by atoms with E-state index in [0.29, 0.717) is 30.0 Å². The van der Waals surface area contributed by atoms with Crippen molar-refractivity contribution in [2.24, 2.45) is 5.41 Å². The van der Waals surface area contributed by atoms with Gasteiger partial charge in [-0.3, -0.25) is 9.59 Å². The summed E-state index contributed by atoms with van der Waals surface area (Å²) in [6, 6.07) is 12.0. The van der Waals surface area contributed by atoms with Gasteiger partial charge in [-0.1, -0.05) is 18.2 Å². The number of hydrogen-bond donors (Lipinski definition) is 2. The summed E-state index contributed by atoms with van der Waals surface area (Å²) in [7, 11) is 1.52. The van der Waals surface area contributed by atoms with Crippen LogP contribution in [0.25, 0.3) is 0 Å². The number of aryl methyl sites for hydroxylation is 1. The van der Waals surface area contributed by atoms with Gasteiger partial charge in [-0.2, -0.15) is 0 Å². The summed E-state index contributed by atoms with van der Waals surface area (Å²) in [6.07, 6.45) is 0.862. The Hall–Kier alpha value is -3.35. The molecule has 0 saturated heterocycles. The van der Waals surface area contributed by atoms with E-state index in [4.69, 9.17) is 9.47 Å². The number of nitrogens with one attached hydrogen (secondary N) is 2. The van der Waals surface area contributed by atoms with E-state index in [2.05, 4.69) is 10.6 Å². The first-order valence-corrected chi connectivity index (χ1v) is 9.45. The second-order valence-corrected chi connectivity index (χ2v) is 6.96. The molecule has 2 aromatic rings. The molecule has 7 heteroatoms. The molecule has 0 aliphatic heterocycles. The Morgan fingerprint density at radius 2 is 1.66 bits per heavy atom. The van der Waals surface area contributed by atoms with Crippen molar-refractivity contribution in [2.45, 2.75) is 26.7 Å². The quantitative estimate of drug-likeness (QED) is 0.552. The zero-order chi connectivity index (χ0) is 21.0. The Morgan fingerprint density at radius 3 is 2.28 bits per heavy atom. The monoisotopic (exact) mass is 396 g/mol. The van der Waals surface area contributed by atoms with Gasteiger partial charge in [0.15, 0.2) is 0 Å². The van der Waals surface area contributed by atoms with Crippen molar-refractivity contribution in [3.8, 4) is 5.75 Å². The van der Waals surface area contributed by atoms with Crippen molar-refractivity contribution in [2.75, 3.05) is 24.4 Å². The molecule has 152 valence electrons. The molecule has 2 aromatic carbocycles. The molecule has 1 saturated carbocycles. The fourth-order valence-corrected chi connectivity index (χ4v) is 3.06. The minimum absolute atomic E-state index is 0.228. The minimum Gasteiger partial charge on any atom is -0.495 e. The fourth-order valence-electron chi connectivity index (χ4n) is 3.06. The van der Waals surface area contributed by atoms with E-state index < -0.39 is 23.2 Å². The van der Waals surface area contributed by atoms with E-state index in [1.165, 1.54) is 7.11 Å². The van der Waals surface area contributed by atoms with Crippen molar-refractivity contribution >= 4 is 29.2 Å². The van der Waals surface area contributed by atoms with Gasteiger partial charge >= 0.3 is 5.97 Å². The molecular weight excluding hydrogens is 372 g/mol. The molecule has 1 aliphatic carbocycles. The van der Waals surface area contributed by atoms with E-state index >= 15 is 0 Å². The number of rotatable bonds is 7. The second-order valence-electron chi connectivity index (χ2n) is 6.96. The third kappa shape index (κ3) is 4.23. The molecule has 1 fully saturated rings. The molecule has 0 aromatic heterocycles. The highest BCUT2D eigenvalue weighted by Crippen LogP contribution is 2.48. The van der Waals surface area contributed by atoms with Gasteiger partial charge in [-0.15, -0.1) is 0 Å². The molecule has 0 heterocycles. The predicted octanol–water partition coefficient (Wildman–Crippen LogP) is 3.54. The van der Waals surface area contributed by atoms with E-state index in [0.717, 1.165) is 5.56 Å². The van der Waals surface area contributed by atoms with Crippen LogP contribution in [-0.4, -0.2) is 31.5 Å². The van der Waals surface area contributed by atoms with Gasteiger partial charge in [0.1, 0.15) is 11.2 Å². The van der Waals surface area contributed by atoms with E-state index in [1.54, 1.807) is 43.3 Å². The van der Waals surface area contributed by atoms with Crippen molar-refractivity contribution in [1.82, 2.24) is 0 Å². The molecule has 2 N–H and O–H groups in total. The average Bonchev–Trinajstić information content (AvgIpc) is 3.51. The Kier molecular flexibility index (Phi) is 5.87. The first kappa shape index (κ1) is 20.4. The maximum absolute atomic E-state index is 12.9. The lowest BCUT2D eigenvalue weighted by Gasteiger charge is -2.18. The molecule has 0 spiro atoms. The summed E-state index contributed by atoms with van der Waals surface area (Å²) >= 11 is 0. The minimum atomic E-state index is -1.17. The van der Waals surface area contributed by atoms with Crippen LogP contribution in [0, 0.1) is 12.3 Å². The first-order chi connectivity index (χ1) is 13.9. The number of carbonyl (C=O) groups excluding carboxylic acids is 3. The van der Waals surface area contributed by atoms with Crippen molar-refractivity contribution < 1.29 is 23.9 Å². The zero-order valence-electron chi connectivity index (χ0n) is 16.7. The predicted molar refractivity (Wildman–Crippen MR) is 109 cm³/mol. The van der Waals surface area contributed by atoms with Gasteiger partial charge in [0.05, 0.1) is 30.7 Å². The van der Waals surface area contributed by atoms with Gasteiger partial charge in [0.2, 0.25) is 11.8 Å². The Labute approximate surface area is 169 Å². The number of carbonyl (C=O) groups is 3. The Bertz CT molecular complexity index is 950. The van der Waals surface area contributed by atoms with Crippen LogP contribution in [0.3, 0.4) is 0 Å². The van der Waals surface area contributed by atoms with Gasteiger partial charge in [-0.25, -0.2) is 4.79 Å². The Balaban J connectivity index is 1.78. The third-order valence-electron chi connectivity index (χ3n) is 4.89. The summed E-state index contributed by atoms with van der Waals surface area (Å²) in [5.74, 6) is -0.846. The number of ether oxygens (including phenoxy) is 2. The standard InChI is InChI=1S/C22H24N2O5/c1-4-29-19(25)15-7-5-6-8-16(15)23-20(26)22(11-12-22)21(27)24-17-13-14(2)9-10-18(17)28-3/h5-10,13H,4,11-12H2,1-3H3,(H,23,26)(H,24,27). The Morgan fingerprint density at radius 1 is 1.00 bits per heavy atom. The van der Waals surface area contributed by atoms with Crippen LogP contribution in [-0.2, 0) is 14.3 Å². The maximum atomic E-state index is 12.9. The molecule has 3 rings (SSSR count). The number of anilines is 2. The molecular formula is C22H24N2O5. The number of para-hydroxylation sites is 1. The lowest BCUT2D eigenvalue weighted by molar-refractivity contribution is -0.131. The number of esters is 1. The van der Waals surface area contributed by atoms with Crippen LogP contribution in [0.5, 0.6) is 5.75 Å². The molecule has 2 amide bonds. The third-order valence-corrected chi connectivity index (χ3v) is 4.89. The molecule has 29 heavy (non-hydrogen) atoms. The van der Waals surface area contributed by atoms with E-state index in [9.17, 15) is 14.4 Å². The highest BCUT2D eigenvalue weighted by molar-refractivity contribution is 6.18. The van der Waals surface area contributed by atoms with E-state index in [1.807, 2.05) is 13.0 Å². The fraction of sp³-hybridized carbons (Fsp3) is 0.318. The van der Waals surface area contributed by atoms with E-state index in [-0.39, 0.29) is 12.2 Å². The second kappa shape index (κ2) is 8.34. The van der Waals surface area contributed by atoms with Crippen LogP contribution >= 0.6 is 0 Å².